The van der Waals surface area contributed by atoms with Crippen LogP contribution in [0.5, 0.6) is 0 Å². The molecule has 0 saturated carbocycles. The third-order valence-corrected chi connectivity index (χ3v) is 9.22. The summed E-state index contributed by atoms with van der Waals surface area (Å²) in [6, 6.07) is 18.4. The Labute approximate surface area is 155 Å². The lowest BCUT2D eigenvalue weighted by atomic mass is 10.1. The molecule has 2 aromatic rings. The minimum Gasteiger partial charge on any atom is -0.303 e. The third kappa shape index (κ3) is 6.06. The van der Waals surface area contributed by atoms with E-state index in [0.29, 0.717) is 0 Å². The van der Waals surface area contributed by atoms with Gasteiger partial charge in [0, 0.05) is 0 Å². The van der Waals surface area contributed by atoms with Gasteiger partial charge in [0.05, 0.1) is 18.0 Å². The second-order valence-corrected chi connectivity index (χ2v) is 11.4. The van der Waals surface area contributed by atoms with Crippen molar-refractivity contribution in [2.24, 2.45) is 0 Å². The standard InChI is InChI=1S/C19H25O5PS/c1-16(2)26(21,22)15-25(20,23-14-18-10-6-4-7-11-18)24-17(3)19-12-8-5-9-13-19/h4-13,16-17H,14-15H2,1-3H3. The molecule has 2 unspecified atom stereocenters. The maximum atomic E-state index is 13.3. The summed E-state index contributed by atoms with van der Waals surface area (Å²) >= 11 is 0. The van der Waals surface area contributed by atoms with E-state index < -0.39 is 34.3 Å². The first-order valence-corrected chi connectivity index (χ1v) is 11.9. The van der Waals surface area contributed by atoms with Gasteiger partial charge in [-0.05, 0) is 31.9 Å². The Morgan fingerprint density at radius 2 is 1.46 bits per heavy atom. The number of benzene rings is 2. The minimum atomic E-state index is -3.87. The number of hydrogen-bond acceptors (Lipinski definition) is 5. The Balaban J connectivity index is 2.21. The number of hydrogen-bond donors (Lipinski definition) is 0. The molecule has 0 aromatic heterocycles. The van der Waals surface area contributed by atoms with Gasteiger partial charge in [0.1, 0.15) is 0 Å². The first-order chi connectivity index (χ1) is 12.2. The largest absolute Gasteiger partial charge is 0.346 e. The van der Waals surface area contributed by atoms with E-state index >= 15 is 0 Å². The fourth-order valence-electron chi connectivity index (χ4n) is 2.24. The normalized spacial score (nSPS) is 15.5. The van der Waals surface area contributed by atoms with Crippen LogP contribution in [0.3, 0.4) is 0 Å². The van der Waals surface area contributed by atoms with Gasteiger partial charge in [-0.25, -0.2) is 8.42 Å². The molecule has 0 aliphatic rings. The lowest BCUT2D eigenvalue weighted by Gasteiger charge is -2.23. The third-order valence-electron chi connectivity index (χ3n) is 3.91. The fraction of sp³-hybridized carbons (Fsp3) is 0.368. The first kappa shape index (κ1) is 20.8. The molecule has 0 amide bonds. The summed E-state index contributed by atoms with van der Waals surface area (Å²) in [6.07, 6.45) is -0.555. The Morgan fingerprint density at radius 1 is 0.923 bits per heavy atom. The molecule has 0 spiro atoms. The van der Waals surface area contributed by atoms with Gasteiger partial charge in [-0.2, -0.15) is 0 Å². The Kier molecular flexibility index (Phi) is 7.18. The van der Waals surface area contributed by atoms with Crippen molar-refractivity contribution in [2.45, 2.75) is 38.7 Å². The molecule has 0 radical (unpaired) electrons. The highest BCUT2D eigenvalue weighted by Gasteiger charge is 2.36. The van der Waals surface area contributed by atoms with E-state index in [1.807, 2.05) is 60.7 Å². The molecule has 7 heteroatoms. The molecular weight excluding hydrogens is 371 g/mol. The quantitative estimate of drug-likeness (QED) is 0.561. The van der Waals surface area contributed by atoms with Crippen molar-refractivity contribution in [1.82, 2.24) is 0 Å². The van der Waals surface area contributed by atoms with Crippen LogP contribution >= 0.6 is 7.60 Å². The van der Waals surface area contributed by atoms with E-state index in [4.69, 9.17) is 9.05 Å². The van der Waals surface area contributed by atoms with Crippen LogP contribution in [0.25, 0.3) is 0 Å². The van der Waals surface area contributed by atoms with Gasteiger partial charge in [0.25, 0.3) is 0 Å². The van der Waals surface area contributed by atoms with Crippen molar-refractivity contribution in [3.05, 3.63) is 71.8 Å². The molecule has 0 heterocycles. The van der Waals surface area contributed by atoms with Gasteiger partial charge in [0.2, 0.25) is 0 Å². The summed E-state index contributed by atoms with van der Waals surface area (Å²) in [5.41, 5.74) is 0.963. The second-order valence-electron chi connectivity index (χ2n) is 6.37. The molecule has 2 aromatic carbocycles. The number of sulfone groups is 1. The summed E-state index contributed by atoms with van der Waals surface area (Å²) < 4.78 is 49.2. The molecule has 0 aliphatic heterocycles. The summed E-state index contributed by atoms with van der Waals surface area (Å²) in [5.74, 6) is 0. The van der Waals surface area contributed by atoms with E-state index in [1.54, 1.807) is 20.8 Å². The molecule has 0 N–H and O–H groups in total. The smallest absolute Gasteiger partial charge is 0.303 e. The second kappa shape index (κ2) is 8.96. The van der Waals surface area contributed by atoms with Crippen molar-refractivity contribution >= 4 is 17.4 Å². The monoisotopic (exact) mass is 396 g/mol. The summed E-state index contributed by atoms with van der Waals surface area (Å²) in [5, 5.41) is -0.660. The van der Waals surface area contributed by atoms with E-state index in [-0.39, 0.29) is 6.61 Å². The molecule has 142 valence electrons. The molecule has 0 saturated heterocycles. The highest BCUT2D eigenvalue weighted by atomic mass is 32.2. The average molecular weight is 396 g/mol. The van der Waals surface area contributed by atoms with E-state index in [0.717, 1.165) is 11.1 Å². The molecular formula is C19H25O5PS. The van der Waals surface area contributed by atoms with Gasteiger partial charge < -0.3 is 4.52 Å². The Morgan fingerprint density at radius 3 is 2.00 bits per heavy atom. The first-order valence-electron chi connectivity index (χ1n) is 8.44. The highest BCUT2D eigenvalue weighted by Crippen LogP contribution is 2.54. The van der Waals surface area contributed by atoms with E-state index in [9.17, 15) is 13.0 Å². The van der Waals surface area contributed by atoms with Gasteiger partial charge in [-0.3, -0.25) is 9.09 Å². The van der Waals surface area contributed by atoms with Crippen LogP contribution in [-0.4, -0.2) is 19.2 Å². The van der Waals surface area contributed by atoms with E-state index in [2.05, 4.69) is 0 Å². The maximum Gasteiger partial charge on any atom is 0.346 e. The average Bonchev–Trinajstić information content (AvgIpc) is 2.61. The minimum absolute atomic E-state index is 0.0211. The van der Waals surface area contributed by atoms with Crippen molar-refractivity contribution in [2.75, 3.05) is 5.49 Å². The molecule has 0 aliphatic carbocycles. The van der Waals surface area contributed by atoms with Crippen molar-refractivity contribution < 1.29 is 22.0 Å². The van der Waals surface area contributed by atoms with Crippen LogP contribution < -0.4 is 0 Å². The summed E-state index contributed by atoms with van der Waals surface area (Å²) in [6.45, 7) is 4.86. The zero-order valence-electron chi connectivity index (χ0n) is 15.2. The number of rotatable bonds is 9. The van der Waals surface area contributed by atoms with Crippen LogP contribution in [0.1, 0.15) is 38.0 Å². The lowest BCUT2D eigenvalue weighted by Crippen LogP contribution is -2.20. The van der Waals surface area contributed by atoms with Crippen molar-refractivity contribution in [3.8, 4) is 0 Å². The predicted molar refractivity (Wildman–Crippen MR) is 104 cm³/mol. The molecule has 5 nitrogen and oxygen atoms in total. The summed E-state index contributed by atoms with van der Waals surface area (Å²) in [7, 11) is -7.47. The molecule has 2 rings (SSSR count). The Bertz CT molecular complexity index is 835. The molecule has 2 atom stereocenters. The van der Waals surface area contributed by atoms with Crippen LogP contribution in [0.15, 0.2) is 60.7 Å². The zero-order valence-corrected chi connectivity index (χ0v) is 17.0. The maximum absolute atomic E-state index is 13.3. The van der Waals surface area contributed by atoms with Crippen LogP contribution in [-0.2, 0) is 30.1 Å². The molecule has 0 bridgehead atoms. The summed E-state index contributed by atoms with van der Waals surface area (Å²) in [4.78, 5) is 0. The van der Waals surface area contributed by atoms with Gasteiger partial charge >= 0.3 is 7.60 Å². The zero-order chi connectivity index (χ0) is 19.2. The molecule has 26 heavy (non-hydrogen) atoms. The van der Waals surface area contributed by atoms with Gasteiger partial charge in [-0.1, -0.05) is 60.7 Å². The van der Waals surface area contributed by atoms with Crippen LogP contribution in [0, 0.1) is 0 Å². The fourth-order valence-corrected chi connectivity index (χ4v) is 6.75. The van der Waals surface area contributed by atoms with Crippen molar-refractivity contribution in [1.29, 1.82) is 0 Å². The topological polar surface area (TPSA) is 69.7 Å². The molecule has 0 fully saturated rings. The van der Waals surface area contributed by atoms with Crippen LogP contribution in [0.4, 0.5) is 0 Å². The van der Waals surface area contributed by atoms with Gasteiger partial charge in [0.15, 0.2) is 15.3 Å². The SMILES string of the molecule is CC(OP(=O)(CS(=O)(=O)C(C)C)OCc1ccccc1)c1ccccc1. The lowest BCUT2D eigenvalue weighted by molar-refractivity contribution is 0.157. The van der Waals surface area contributed by atoms with Crippen LogP contribution in [0.2, 0.25) is 0 Å². The van der Waals surface area contributed by atoms with Crippen molar-refractivity contribution in [3.63, 3.8) is 0 Å². The van der Waals surface area contributed by atoms with E-state index in [1.165, 1.54) is 0 Å². The van der Waals surface area contributed by atoms with Gasteiger partial charge in [-0.15, -0.1) is 0 Å². The predicted octanol–water partition coefficient (Wildman–Crippen LogP) is 4.95. The highest BCUT2D eigenvalue weighted by molar-refractivity contribution is 7.98. The Hall–Kier alpha value is -1.46.